The van der Waals surface area contributed by atoms with E-state index in [0.717, 1.165) is 31.9 Å². The molecule has 140 valence electrons. The molecule has 4 heterocycles. The molecule has 2 aromatic heterocycles. The van der Waals surface area contributed by atoms with Gasteiger partial charge in [-0.3, -0.25) is 10.1 Å². The summed E-state index contributed by atoms with van der Waals surface area (Å²) in [5.41, 5.74) is -0.000846. The standard InChI is InChI=1S/C18H21N7O2/c26-25(27)16-17(23-8-4-1-5-9-23)20-14-21-18(16)24-12-10-22(11-13-24)15-6-2-3-7-19-15/h1-4,6-7,14H,5,8-13H2. The minimum atomic E-state index is -0.353. The van der Waals surface area contributed by atoms with E-state index < -0.39 is 0 Å². The maximum Gasteiger partial charge on any atom is 0.353 e. The first-order valence-electron chi connectivity index (χ1n) is 9.04. The lowest BCUT2D eigenvalue weighted by Crippen LogP contribution is -2.47. The largest absolute Gasteiger partial charge is 0.353 e. The summed E-state index contributed by atoms with van der Waals surface area (Å²) in [6, 6.07) is 5.83. The first-order valence-corrected chi connectivity index (χ1v) is 9.04. The van der Waals surface area contributed by atoms with Gasteiger partial charge in [-0.1, -0.05) is 18.2 Å². The van der Waals surface area contributed by atoms with Gasteiger partial charge in [0.1, 0.15) is 12.1 Å². The van der Waals surface area contributed by atoms with E-state index in [9.17, 15) is 10.1 Å². The van der Waals surface area contributed by atoms with E-state index in [0.29, 0.717) is 31.3 Å². The number of rotatable bonds is 4. The van der Waals surface area contributed by atoms with Crippen LogP contribution >= 0.6 is 0 Å². The molecule has 0 atom stereocenters. The smallest absolute Gasteiger partial charge is 0.353 e. The Bertz CT molecular complexity index is 835. The molecule has 0 bridgehead atoms. The normalized spacial score (nSPS) is 17.3. The molecular formula is C18H21N7O2. The Morgan fingerprint density at radius 1 is 0.889 bits per heavy atom. The second kappa shape index (κ2) is 7.56. The molecule has 4 rings (SSSR count). The van der Waals surface area contributed by atoms with Crippen LogP contribution in [0.15, 0.2) is 42.9 Å². The molecule has 0 amide bonds. The molecular weight excluding hydrogens is 346 g/mol. The molecule has 0 radical (unpaired) electrons. The van der Waals surface area contributed by atoms with Crippen molar-refractivity contribution in [1.29, 1.82) is 0 Å². The van der Waals surface area contributed by atoms with Gasteiger partial charge < -0.3 is 14.7 Å². The molecule has 0 aromatic carbocycles. The van der Waals surface area contributed by atoms with Crippen molar-refractivity contribution < 1.29 is 4.92 Å². The van der Waals surface area contributed by atoms with Crippen LogP contribution in [0.3, 0.4) is 0 Å². The molecule has 0 aliphatic carbocycles. The molecule has 0 unspecified atom stereocenters. The fraction of sp³-hybridized carbons (Fsp3) is 0.389. The summed E-state index contributed by atoms with van der Waals surface area (Å²) in [6.45, 7) is 4.12. The summed E-state index contributed by atoms with van der Waals surface area (Å²) in [5.74, 6) is 1.73. The van der Waals surface area contributed by atoms with Crippen molar-refractivity contribution in [1.82, 2.24) is 15.0 Å². The first-order chi connectivity index (χ1) is 13.2. The van der Waals surface area contributed by atoms with Gasteiger partial charge in [-0.15, -0.1) is 0 Å². The minimum Gasteiger partial charge on any atom is -0.353 e. The van der Waals surface area contributed by atoms with E-state index in [2.05, 4.69) is 25.9 Å². The van der Waals surface area contributed by atoms with Gasteiger partial charge >= 0.3 is 5.69 Å². The second-order valence-electron chi connectivity index (χ2n) is 6.49. The third kappa shape index (κ3) is 3.53. The Hall–Kier alpha value is -3.23. The van der Waals surface area contributed by atoms with Crippen LogP contribution < -0.4 is 14.7 Å². The summed E-state index contributed by atoms with van der Waals surface area (Å²) in [4.78, 5) is 30.5. The van der Waals surface area contributed by atoms with Crippen LogP contribution in [0, 0.1) is 10.1 Å². The first kappa shape index (κ1) is 17.2. The molecule has 1 fully saturated rings. The molecule has 2 aromatic rings. The highest BCUT2D eigenvalue weighted by atomic mass is 16.6. The quantitative estimate of drug-likeness (QED) is 0.459. The van der Waals surface area contributed by atoms with Crippen LogP contribution in [-0.4, -0.2) is 59.1 Å². The van der Waals surface area contributed by atoms with Crippen molar-refractivity contribution in [2.24, 2.45) is 0 Å². The lowest BCUT2D eigenvalue weighted by Gasteiger charge is -2.36. The van der Waals surface area contributed by atoms with Crippen molar-refractivity contribution in [2.45, 2.75) is 6.42 Å². The van der Waals surface area contributed by atoms with Gasteiger partial charge in [0.2, 0.25) is 11.6 Å². The Morgan fingerprint density at radius 3 is 2.26 bits per heavy atom. The van der Waals surface area contributed by atoms with Gasteiger partial charge in [-0.2, -0.15) is 0 Å². The Morgan fingerprint density at radius 2 is 1.63 bits per heavy atom. The third-order valence-corrected chi connectivity index (χ3v) is 4.88. The van der Waals surface area contributed by atoms with Gasteiger partial charge in [-0.05, 0) is 18.6 Å². The van der Waals surface area contributed by atoms with Gasteiger partial charge in [-0.25, -0.2) is 15.0 Å². The summed E-state index contributed by atoms with van der Waals surface area (Å²) >= 11 is 0. The number of aromatic nitrogens is 3. The SMILES string of the molecule is O=[N+]([O-])c1c(N2CC=CCC2)ncnc1N1CCN(c2ccccn2)CC1. The average molecular weight is 367 g/mol. The van der Waals surface area contributed by atoms with Crippen LogP contribution in [-0.2, 0) is 0 Å². The number of nitrogens with zero attached hydrogens (tertiary/aromatic N) is 7. The summed E-state index contributed by atoms with van der Waals surface area (Å²) in [6.07, 6.45) is 8.17. The highest BCUT2D eigenvalue weighted by Gasteiger charge is 2.31. The molecule has 0 saturated carbocycles. The number of hydrogen-bond acceptors (Lipinski definition) is 8. The van der Waals surface area contributed by atoms with Crippen molar-refractivity contribution >= 4 is 23.1 Å². The van der Waals surface area contributed by atoms with Crippen molar-refractivity contribution in [3.05, 3.63) is 53.0 Å². The Kier molecular flexibility index (Phi) is 4.82. The van der Waals surface area contributed by atoms with E-state index >= 15 is 0 Å². The molecule has 9 nitrogen and oxygen atoms in total. The molecule has 0 N–H and O–H groups in total. The van der Waals surface area contributed by atoms with Crippen molar-refractivity contribution in [2.75, 3.05) is 54.0 Å². The molecule has 9 heteroatoms. The monoisotopic (exact) mass is 367 g/mol. The zero-order valence-electron chi connectivity index (χ0n) is 14.9. The van der Waals surface area contributed by atoms with E-state index in [4.69, 9.17) is 0 Å². The Balaban J connectivity index is 1.57. The maximum absolute atomic E-state index is 11.8. The summed E-state index contributed by atoms with van der Waals surface area (Å²) < 4.78 is 0. The molecule has 1 saturated heterocycles. The Labute approximate surface area is 157 Å². The number of hydrogen-bond donors (Lipinski definition) is 0. The lowest BCUT2D eigenvalue weighted by molar-refractivity contribution is -0.383. The highest BCUT2D eigenvalue weighted by molar-refractivity contribution is 5.72. The number of anilines is 3. The summed E-state index contributed by atoms with van der Waals surface area (Å²) in [7, 11) is 0. The molecule has 2 aliphatic rings. The predicted octanol–water partition coefficient (Wildman–Crippen LogP) is 1.87. The van der Waals surface area contributed by atoms with Crippen molar-refractivity contribution in [3.63, 3.8) is 0 Å². The fourth-order valence-electron chi connectivity index (χ4n) is 3.51. The average Bonchev–Trinajstić information content (AvgIpc) is 2.74. The number of pyridine rings is 1. The van der Waals surface area contributed by atoms with Crippen LogP contribution in [0.4, 0.5) is 23.1 Å². The van der Waals surface area contributed by atoms with Gasteiger partial charge in [0, 0.05) is 45.5 Å². The van der Waals surface area contributed by atoms with Crippen LogP contribution in [0.2, 0.25) is 0 Å². The zero-order valence-corrected chi connectivity index (χ0v) is 14.9. The van der Waals surface area contributed by atoms with E-state index in [1.165, 1.54) is 6.33 Å². The second-order valence-corrected chi connectivity index (χ2v) is 6.49. The zero-order chi connectivity index (χ0) is 18.6. The summed E-state index contributed by atoms with van der Waals surface area (Å²) in [5, 5.41) is 11.8. The number of piperazine rings is 1. The minimum absolute atomic E-state index is 0.000846. The topological polar surface area (TPSA) is 91.5 Å². The maximum atomic E-state index is 11.8. The lowest BCUT2D eigenvalue weighted by atomic mass is 10.2. The van der Waals surface area contributed by atoms with E-state index in [-0.39, 0.29) is 10.6 Å². The van der Waals surface area contributed by atoms with E-state index in [1.807, 2.05) is 34.1 Å². The third-order valence-electron chi connectivity index (χ3n) is 4.88. The van der Waals surface area contributed by atoms with Crippen LogP contribution in [0.5, 0.6) is 0 Å². The molecule has 27 heavy (non-hydrogen) atoms. The number of nitro groups is 1. The van der Waals surface area contributed by atoms with Crippen molar-refractivity contribution in [3.8, 4) is 0 Å². The van der Waals surface area contributed by atoms with Crippen LogP contribution in [0.25, 0.3) is 0 Å². The van der Waals surface area contributed by atoms with E-state index in [1.54, 1.807) is 6.20 Å². The highest BCUT2D eigenvalue weighted by Crippen LogP contribution is 2.35. The molecule has 2 aliphatic heterocycles. The fourth-order valence-corrected chi connectivity index (χ4v) is 3.51. The molecule has 0 spiro atoms. The van der Waals surface area contributed by atoms with Gasteiger partial charge in [0.25, 0.3) is 0 Å². The van der Waals surface area contributed by atoms with Crippen LogP contribution in [0.1, 0.15) is 6.42 Å². The van der Waals surface area contributed by atoms with Gasteiger partial charge in [0.05, 0.1) is 4.92 Å². The van der Waals surface area contributed by atoms with Gasteiger partial charge in [0.15, 0.2) is 0 Å². The predicted molar refractivity (Wildman–Crippen MR) is 103 cm³/mol.